The zero-order valence-corrected chi connectivity index (χ0v) is 10.5. The van der Waals surface area contributed by atoms with Crippen LogP contribution >= 0.6 is 0 Å². The highest BCUT2D eigenvalue weighted by molar-refractivity contribution is 5.76. The van der Waals surface area contributed by atoms with Crippen LogP contribution in [0.15, 0.2) is 0 Å². The Hall–Kier alpha value is -0.530. The molecule has 0 atom stereocenters. The van der Waals surface area contributed by atoms with Crippen LogP contribution in [0.25, 0.3) is 0 Å². The van der Waals surface area contributed by atoms with E-state index in [1.165, 1.54) is 0 Å². The van der Waals surface area contributed by atoms with Crippen molar-refractivity contribution in [1.29, 1.82) is 0 Å². The van der Waals surface area contributed by atoms with Crippen LogP contribution in [-0.4, -0.2) is 11.4 Å². The molecule has 84 valence electrons. The van der Waals surface area contributed by atoms with Crippen molar-refractivity contribution in [1.82, 2.24) is 5.32 Å². The summed E-state index contributed by atoms with van der Waals surface area (Å²) in [7, 11) is 0. The van der Waals surface area contributed by atoms with Crippen molar-refractivity contribution in [3.63, 3.8) is 0 Å². The lowest BCUT2D eigenvalue weighted by Gasteiger charge is -2.21. The standard InChI is InChI=1S/C12H25NO/c1-11(2,3)9-7-8-10(14)13-12(4,5)6/h7-9H2,1-6H3,(H,13,14). The number of carbonyl (C=O) groups is 1. The summed E-state index contributed by atoms with van der Waals surface area (Å²) in [6.45, 7) is 12.6. The molecule has 14 heavy (non-hydrogen) atoms. The number of hydrogen-bond acceptors (Lipinski definition) is 1. The van der Waals surface area contributed by atoms with Crippen LogP contribution in [-0.2, 0) is 4.79 Å². The second kappa shape index (κ2) is 4.81. The average Bonchev–Trinajstić information content (AvgIpc) is 1.78. The van der Waals surface area contributed by atoms with Gasteiger partial charge in [0.2, 0.25) is 5.91 Å². The van der Waals surface area contributed by atoms with Crippen molar-refractivity contribution in [2.45, 2.75) is 66.3 Å². The van der Waals surface area contributed by atoms with Gasteiger partial charge in [0.1, 0.15) is 0 Å². The Morgan fingerprint density at radius 2 is 1.57 bits per heavy atom. The normalized spacial score (nSPS) is 12.7. The lowest BCUT2D eigenvalue weighted by atomic mass is 9.90. The molecule has 0 fully saturated rings. The lowest BCUT2D eigenvalue weighted by Crippen LogP contribution is -2.40. The molecule has 1 amide bonds. The largest absolute Gasteiger partial charge is 0.352 e. The van der Waals surface area contributed by atoms with E-state index < -0.39 is 0 Å². The molecule has 0 aromatic heterocycles. The molecule has 0 aliphatic heterocycles. The molecular formula is C12H25NO. The lowest BCUT2D eigenvalue weighted by molar-refractivity contribution is -0.122. The van der Waals surface area contributed by atoms with Gasteiger partial charge in [0.05, 0.1) is 0 Å². The van der Waals surface area contributed by atoms with E-state index in [4.69, 9.17) is 0 Å². The Balaban J connectivity index is 3.66. The Labute approximate surface area is 88.5 Å². The van der Waals surface area contributed by atoms with E-state index in [1.54, 1.807) is 0 Å². The Morgan fingerprint density at radius 1 is 1.07 bits per heavy atom. The fourth-order valence-electron chi connectivity index (χ4n) is 1.26. The van der Waals surface area contributed by atoms with Crippen LogP contribution in [0.4, 0.5) is 0 Å². The van der Waals surface area contributed by atoms with Crippen molar-refractivity contribution in [2.24, 2.45) is 5.41 Å². The number of nitrogens with one attached hydrogen (secondary N) is 1. The van der Waals surface area contributed by atoms with Crippen molar-refractivity contribution in [3.8, 4) is 0 Å². The predicted molar refractivity (Wildman–Crippen MR) is 61.2 cm³/mol. The van der Waals surface area contributed by atoms with Crippen LogP contribution in [0, 0.1) is 5.41 Å². The highest BCUT2D eigenvalue weighted by Crippen LogP contribution is 2.21. The fourth-order valence-corrected chi connectivity index (χ4v) is 1.26. The quantitative estimate of drug-likeness (QED) is 0.743. The summed E-state index contributed by atoms with van der Waals surface area (Å²) in [5.41, 5.74) is 0.237. The minimum Gasteiger partial charge on any atom is -0.352 e. The van der Waals surface area contributed by atoms with E-state index in [0.29, 0.717) is 11.8 Å². The molecule has 1 N–H and O–H groups in total. The molecule has 0 rings (SSSR count). The molecule has 2 nitrogen and oxygen atoms in total. The third-order valence-corrected chi connectivity index (χ3v) is 1.85. The van der Waals surface area contributed by atoms with E-state index in [0.717, 1.165) is 12.8 Å². The summed E-state index contributed by atoms with van der Waals surface area (Å²) < 4.78 is 0. The number of amides is 1. The smallest absolute Gasteiger partial charge is 0.220 e. The van der Waals surface area contributed by atoms with Crippen LogP contribution in [0.2, 0.25) is 0 Å². The second-order valence-electron chi connectivity index (χ2n) is 6.21. The van der Waals surface area contributed by atoms with Gasteiger partial charge in [-0.05, 0) is 39.0 Å². The minimum atomic E-state index is -0.0984. The van der Waals surface area contributed by atoms with E-state index in [2.05, 4.69) is 26.1 Å². The van der Waals surface area contributed by atoms with Gasteiger partial charge in [0, 0.05) is 12.0 Å². The number of carbonyl (C=O) groups excluding carboxylic acids is 1. The highest BCUT2D eigenvalue weighted by atomic mass is 16.1. The fraction of sp³-hybridized carbons (Fsp3) is 0.917. The van der Waals surface area contributed by atoms with Gasteiger partial charge in [-0.25, -0.2) is 0 Å². The molecular weight excluding hydrogens is 174 g/mol. The number of rotatable bonds is 3. The SMILES string of the molecule is CC(C)(C)CCCC(=O)NC(C)(C)C. The Morgan fingerprint density at radius 3 is 1.93 bits per heavy atom. The van der Waals surface area contributed by atoms with E-state index in [9.17, 15) is 4.79 Å². The van der Waals surface area contributed by atoms with Crippen molar-refractivity contribution < 1.29 is 4.79 Å². The summed E-state index contributed by atoms with van der Waals surface area (Å²) in [6, 6.07) is 0. The first kappa shape index (κ1) is 13.5. The van der Waals surface area contributed by atoms with Gasteiger partial charge in [-0.3, -0.25) is 4.79 Å². The summed E-state index contributed by atoms with van der Waals surface area (Å²) in [4.78, 5) is 11.4. The van der Waals surface area contributed by atoms with Crippen LogP contribution < -0.4 is 5.32 Å². The zero-order valence-electron chi connectivity index (χ0n) is 10.5. The third-order valence-electron chi connectivity index (χ3n) is 1.85. The summed E-state index contributed by atoms with van der Waals surface area (Å²) >= 11 is 0. The van der Waals surface area contributed by atoms with Crippen LogP contribution in [0.3, 0.4) is 0 Å². The van der Waals surface area contributed by atoms with E-state index >= 15 is 0 Å². The van der Waals surface area contributed by atoms with Gasteiger partial charge < -0.3 is 5.32 Å². The maximum absolute atomic E-state index is 11.4. The Kier molecular flexibility index (Phi) is 4.63. The minimum absolute atomic E-state index is 0.0984. The Bertz CT molecular complexity index is 183. The van der Waals surface area contributed by atoms with Crippen LogP contribution in [0.1, 0.15) is 60.8 Å². The van der Waals surface area contributed by atoms with Crippen LogP contribution in [0.5, 0.6) is 0 Å². The molecule has 0 saturated heterocycles. The molecule has 0 heterocycles. The third kappa shape index (κ3) is 9.56. The zero-order chi connectivity index (χ0) is 11.4. The maximum Gasteiger partial charge on any atom is 0.220 e. The molecule has 0 unspecified atom stereocenters. The second-order valence-corrected chi connectivity index (χ2v) is 6.21. The molecule has 0 aliphatic carbocycles. The van der Waals surface area contributed by atoms with Gasteiger partial charge in [0.15, 0.2) is 0 Å². The molecule has 0 bridgehead atoms. The summed E-state index contributed by atoms with van der Waals surface area (Å²) in [5, 5.41) is 2.97. The average molecular weight is 199 g/mol. The molecule has 0 aromatic carbocycles. The summed E-state index contributed by atoms with van der Waals surface area (Å²) in [5.74, 6) is 0.168. The number of hydrogen-bond donors (Lipinski definition) is 1. The maximum atomic E-state index is 11.4. The molecule has 0 aromatic rings. The molecule has 2 heteroatoms. The molecule has 0 radical (unpaired) electrons. The highest BCUT2D eigenvalue weighted by Gasteiger charge is 2.15. The molecule has 0 saturated carbocycles. The van der Waals surface area contributed by atoms with Gasteiger partial charge in [-0.2, -0.15) is 0 Å². The first-order valence-corrected chi connectivity index (χ1v) is 5.41. The van der Waals surface area contributed by atoms with Gasteiger partial charge in [0.25, 0.3) is 0 Å². The first-order chi connectivity index (χ1) is 6.10. The first-order valence-electron chi connectivity index (χ1n) is 5.41. The van der Waals surface area contributed by atoms with Crippen molar-refractivity contribution >= 4 is 5.91 Å². The van der Waals surface area contributed by atoms with Gasteiger partial charge >= 0.3 is 0 Å². The van der Waals surface area contributed by atoms with E-state index in [1.807, 2.05) is 20.8 Å². The monoisotopic (exact) mass is 199 g/mol. The van der Waals surface area contributed by atoms with Gasteiger partial charge in [-0.15, -0.1) is 0 Å². The van der Waals surface area contributed by atoms with Crippen molar-refractivity contribution in [3.05, 3.63) is 0 Å². The summed E-state index contributed by atoms with van der Waals surface area (Å²) in [6.07, 6.45) is 2.73. The topological polar surface area (TPSA) is 29.1 Å². The van der Waals surface area contributed by atoms with Crippen molar-refractivity contribution in [2.75, 3.05) is 0 Å². The van der Waals surface area contributed by atoms with E-state index in [-0.39, 0.29) is 11.4 Å². The van der Waals surface area contributed by atoms with Gasteiger partial charge in [-0.1, -0.05) is 20.8 Å². The molecule has 0 aliphatic rings. The predicted octanol–water partition coefficient (Wildman–Crippen LogP) is 3.12. The molecule has 0 spiro atoms.